The van der Waals surface area contributed by atoms with Crippen LogP contribution >= 0.6 is 0 Å². The normalized spacial score (nSPS) is 20.5. The highest BCUT2D eigenvalue weighted by Gasteiger charge is 2.40. The molecule has 4 atom stereocenters. The molecule has 6 bridgehead atoms. The van der Waals surface area contributed by atoms with Crippen molar-refractivity contribution in [2.45, 2.75) is 111 Å². The maximum Gasteiger partial charge on any atom is 0.324 e. The van der Waals surface area contributed by atoms with Crippen LogP contribution in [0.5, 0.6) is 5.75 Å². The van der Waals surface area contributed by atoms with Gasteiger partial charge in [0.25, 0.3) is 5.91 Å². The van der Waals surface area contributed by atoms with Crippen LogP contribution in [-0.2, 0) is 59.3 Å². The fraction of sp³-hybridized carbons (Fsp3) is 0.529. The minimum absolute atomic E-state index is 0.00174. The van der Waals surface area contributed by atoms with Crippen LogP contribution in [-0.4, -0.2) is 124 Å². The Kier molecular flexibility index (Phi) is 14.9. The molecule has 2 saturated heterocycles. The zero-order valence-corrected chi connectivity index (χ0v) is 39.8. The first-order valence-corrected chi connectivity index (χ1v) is 23.5. The molecule has 0 spiro atoms. The first kappa shape index (κ1) is 48.1. The van der Waals surface area contributed by atoms with Gasteiger partial charge in [0.15, 0.2) is 0 Å². The van der Waals surface area contributed by atoms with Gasteiger partial charge in [-0.1, -0.05) is 46.8 Å². The summed E-state index contributed by atoms with van der Waals surface area (Å²) in [5.41, 5.74) is 10.0. The van der Waals surface area contributed by atoms with Gasteiger partial charge in [-0.15, -0.1) is 0 Å². The zero-order chi connectivity index (χ0) is 47.4. The molecule has 2 aromatic carbocycles. The van der Waals surface area contributed by atoms with Gasteiger partial charge in [0.2, 0.25) is 17.7 Å². The van der Waals surface area contributed by atoms with Crippen molar-refractivity contribution in [3.8, 4) is 28.1 Å². The zero-order valence-electron chi connectivity index (χ0n) is 39.8. The van der Waals surface area contributed by atoms with Gasteiger partial charge < -0.3 is 34.3 Å². The van der Waals surface area contributed by atoms with Crippen LogP contribution in [0.25, 0.3) is 33.3 Å². The maximum absolute atomic E-state index is 14.7. The average Bonchev–Trinajstić information content (AvgIpc) is 3.91. The second kappa shape index (κ2) is 20.4. The van der Waals surface area contributed by atoms with Crippen molar-refractivity contribution in [1.29, 1.82) is 0 Å². The summed E-state index contributed by atoms with van der Waals surface area (Å²) >= 11 is 0. The number of aromatic nitrogens is 2. The van der Waals surface area contributed by atoms with Crippen LogP contribution in [0.2, 0.25) is 0 Å². The van der Waals surface area contributed by atoms with Gasteiger partial charge in [-0.3, -0.25) is 34.0 Å². The van der Waals surface area contributed by atoms with E-state index in [1.807, 2.05) is 38.2 Å². The van der Waals surface area contributed by atoms with E-state index in [1.54, 1.807) is 44.3 Å². The molecular formula is C51H67N7O8. The van der Waals surface area contributed by atoms with E-state index in [1.165, 1.54) is 9.91 Å². The van der Waals surface area contributed by atoms with Crippen molar-refractivity contribution < 1.29 is 38.6 Å². The van der Waals surface area contributed by atoms with Gasteiger partial charge in [-0.25, -0.2) is 5.43 Å². The highest BCUT2D eigenvalue weighted by Crippen LogP contribution is 2.41. The monoisotopic (exact) mass is 906 g/mol. The molecule has 0 radical (unpaired) electrons. The number of pyridine rings is 1. The number of ether oxygens (including phenoxy) is 2. The molecule has 15 heteroatoms. The lowest BCUT2D eigenvalue weighted by atomic mass is 9.84. The van der Waals surface area contributed by atoms with Crippen molar-refractivity contribution in [3.05, 3.63) is 71.5 Å². The molecule has 3 aliphatic rings. The van der Waals surface area contributed by atoms with E-state index in [0.29, 0.717) is 70.3 Å². The van der Waals surface area contributed by atoms with E-state index >= 15 is 0 Å². The number of rotatable bonds is 11. The summed E-state index contributed by atoms with van der Waals surface area (Å²) in [5.74, 6) is -2.48. The number of hydrogen-bond donors (Lipinski definition) is 3. The third-order valence-corrected chi connectivity index (χ3v) is 13.4. The van der Waals surface area contributed by atoms with E-state index in [9.17, 15) is 29.1 Å². The summed E-state index contributed by atoms with van der Waals surface area (Å²) in [4.78, 5) is 77.2. The molecule has 5 heterocycles. The van der Waals surface area contributed by atoms with Gasteiger partial charge >= 0.3 is 5.97 Å². The topological polar surface area (TPSA) is 176 Å². The van der Waals surface area contributed by atoms with E-state index < -0.39 is 47.2 Å². The van der Waals surface area contributed by atoms with E-state index in [2.05, 4.69) is 53.2 Å². The Morgan fingerprint density at radius 2 is 1.85 bits per heavy atom. The molecule has 0 saturated carbocycles. The van der Waals surface area contributed by atoms with E-state index in [0.717, 1.165) is 44.4 Å². The summed E-state index contributed by atoms with van der Waals surface area (Å²) in [5, 5.41) is 16.7. The number of benzene rings is 2. The van der Waals surface area contributed by atoms with Gasteiger partial charge in [0.1, 0.15) is 23.9 Å². The largest absolute Gasteiger partial charge is 0.508 e. The molecular weight excluding hydrogens is 839 g/mol. The fourth-order valence-electron chi connectivity index (χ4n) is 10.1. The predicted molar refractivity (Wildman–Crippen MR) is 252 cm³/mol. The second-order valence-corrected chi connectivity index (χ2v) is 19.3. The number of carbonyl (C=O) groups excluding carboxylic acids is 5. The van der Waals surface area contributed by atoms with Crippen LogP contribution in [0.15, 0.2) is 54.9 Å². The van der Waals surface area contributed by atoms with Crippen molar-refractivity contribution in [2.24, 2.45) is 17.3 Å². The lowest BCUT2D eigenvalue weighted by Crippen LogP contribution is -2.62. The first-order chi connectivity index (χ1) is 31.5. The van der Waals surface area contributed by atoms with Crippen LogP contribution in [0.3, 0.4) is 0 Å². The Hall–Kier alpha value is -5.80. The molecule has 354 valence electrons. The van der Waals surface area contributed by atoms with Gasteiger partial charge in [-0.05, 0) is 103 Å². The lowest BCUT2D eigenvalue weighted by molar-refractivity contribution is -0.155. The number of phenols is 1. The predicted octanol–water partition coefficient (Wildman–Crippen LogP) is 5.67. The third kappa shape index (κ3) is 10.3. The lowest BCUT2D eigenvalue weighted by Gasteiger charge is -2.37. The second-order valence-electron chi connectivity index (χ2n) is 19.3. The SMILES string of the molecule is CCC(=O)N1CC[C@H](C(=O)N(C)[C@H](C(=O)N[C@H]2Cc3cc(O)cc(c3)-c3ccc4c(c3)c(c(-c3cnccc3CCOC)n4CC)CC(C)(C)COC(=O)[C@@H]3CCCN(N3)C2=O)C(C)C)C1. The molecule has 0 unspecified atom stereocenters. The Balaban J connectivity index is 1.30. The van der Waals surface area contributed by atoms with Crippen LogP contribution in [0.4, 0.5) is 0 Å². The summed E-state index contributed by atoms with van der Waals surface area (Å²) in [6.07, 6.45) is 6.80. The Morgan fingerprint density at radius 3 is 2.58 bits per heavy atom. The molecule has 7 rings (SSSR count). The number of likely N-dealkylation sites (tertiary alicyclic amines) is 1. The number of aromatic hydroxyl groups is 1. The smallest absolute Gasteiger partial charge is 0.324 e. The molecule has 0 aliphatic carbocycles. The van der Waals surface area contributed by atoms with E-state index in [4.69, 9.17) is 9.47 Å². The number of phenolic OH excluding ortho intramolecular Hbond substituents is 1. The average molecular weight is 906 g/mol. The number of fused-ring (bicyclic) bond motifs is 6. The number of carbonyl (C=O) groups is 5. The number of hydrazine groups is 1. The Bertz CT molecular complexity index is 2460. The van der Waals surface area contributed by atoms with Crippen molar-refractivity contribution in [3.63, 3.8) is 0 Å². The quantitative estimate of drug-likeness (QED) is 0.159. The maximum atomic E-state index is 14.7. The third-order valence-electron chi connectivity index (χ3n) is 13.4. The molecule has 66 heavy (non-hydrogen) atoms. The fourth-order valence-corrected chi connectivity index (χ4v) is 10.1. The number of amides is 4. The van der Waals surface area contributed by atoms with Crippen molar-refractivity contribution in [1.82, 2.24) is 35.1 Å². The summed E-state index contributed by atoms with van der Waals surface area (Å²) in [6.45, 7) is 14.2. The summed E-state index contributed by atoms with van der Waals surface area (Å²) < 4.78 is 13.9. The standard InChI is InChI=1S/C51H67N7O8/c1-9-44(60)56-20-16-35(29-56)48(62)55(7)45(31(3)4)47(61)53-42-24-32-22-36(25-37(59)23-32)34-13-14-43-38(26-34)39(46(57(43)10-2)40-28-52-18-15-33(40)17-21-65-8)27-51(5,6)30-66-50(64)41-12-11-19-58(54-41)49(42)63/h13-15,18,22-23,25-26,28,31,35,41-42,45,54,59H,9-12,16-17,19-21,24,27,29-30H2,1-8H3,(H,53,61)/t35-,41-,42-,45-/m0/s1. The number of cyclic esters (lactones) is 1. The molecule has 3 N–H and O–H groups in total. The Labute approximate surface area is 388 Å². The van der Waals surface area contributed by atoms with Gasteiger partial charge in [0, 0.05) is 87.5 Å². The minimum atomic E-state index is -1.15. The molecule has 4 aromatic rings. The molecule has 4 amide bonds. The van der Waals surface area contributed by atoms with Crippen molar-refractivity contribution >= 4 is 40.5 Å². The van der Waals surface area contributed by atoms with Gasteiger partial charge in [-0.2, -0.15) is 0 Å². The molecule has 3 aliphatic heterocycles. The number of methoxy groups -OCH3 is 1. The highest BCUT2D eigenvalue weighted by molar-refractivity contribution is 5.96. The molecule has 2 aromatic heterocycles. The number of aryl methyl sites for hydroxylation is 1. The Morgan fingerprint density at radius 1 is 1.06 bits per heavy atom. The van der Waals surface area contributed by atoms with Crippen molar-refractivity contribution in [2.75, 3.05) is 47.0 Å². The van der Waals surface area contributed by atoms with Crippen LogP contribution in [0, 0.1) is 17.3 Å². The van der Waals surface area contributed by atoms with E-state index in [-0.39, 0.29) is 43.1 Å². The highest BCUT2D eigenvalue weighted by atomic mass is 16.5. The number of nitrogens with one attached hydrogen (secondary N) is 2. The molecule has 2 fully saturated rings. The van der Waals surface area contributed by atoms with Gasteiger partial charge in [0.05, 0.1) is 24.8 Å². The molecule has 15 nitrogen and oxygen atoms in total. The summed E-state index contributed by atoms with van der Waals surface area (Å²) in [6, 6.07) is 10.7. The van der Waals surface area contributed by atoms with Crippen LogP contribution in [0.1, 0.15) is 83.9 Å². The van der Waals surface area contributed by atoms with Crippen LogP contribution < -0.4 is 10.7 Å². The number of hydrogen-bond acceptors (Lipinski definition) is 10. The minimum Gasteiger partial charge on any atom is -0.508 e. The number of esters is 1. The summed E-state index contributed by atoms with van der Waals surface area (Å²) in [7, 11) is 3.30. The number of likely N-dealkylation sites (N-methyl/N-ethyl adjacent to an activating group) is 1. The first-order valence-electron chi connectivity index (χ1n) is 23.5. The number of nitrogens with zero attached hydrogens (tertiary/aromatic N) is 5.